The first-order valence-electron chi connectivity index (χ1n) is 12.2. The predicted molar refractivity (Wildman–Crippen MR) is 155 cm³/mol. The van der Waals surface area contributed by atoms with Gasteiger partial charge in [-0.15, -0.1) is 0 Å². The van der Waals surface area contributed by atoms with Crippen LogP contribution in [0, 0.1) is 0 Å². The second kappa shape index (κ2) is 13.7. The highest BCUT2D eigenvalue weighted by Gasteiger charge is 2.34. The summed E-state index contributed by atoms with van der Waals surface area (Å²) in [5, 5.41) is 3.44. The van der Waals surface area contributed by atoms with Crippen LogP contribution in [0.25, 0.3) is 0 Å². The third-order valence-electron chi connectivity index (χ3n) is 6.05. The van der Waals surface area contributed by atoms with E-state index in [1.165, 1.54) is 12.0 Å². The van der Waals surface area contributed by atoms with Gasteiger partial charge in [-0.05, 0) is 36.8 Å². The van der Waals surface area contributed by atoms with Crippen molar-refractivity contribution in [1.82, 2.24) is 10.2 Å². The van der Waals surface area contributed by atoms with Crippen LogP contribution < -0.4 is 14.4 Å². The fraction of sp³-hybridized carbons (Fsp3) is 0.286. The maximum atomic E-state index is 14.1. The Morgan fingerprint density at radius 3 is 2.15 bits per heavy atom. The van der Waals surface area contributed by atoms with Gasteiger partial charge in [0.05, 0.1) is 19.1 Å². The summed E-state index contributed by atoms with van der Waals surface area (Å²) in [5.74, 6) is -0.725. The summed E-state index contributed by atoms with van der Waals surface area (Å²) in [6.45, 7) is 1.43. The zero-order chi connectivity index (χ0) is 28.6. The van der Waals surface area contributed by atoms with E-state index in [4.69, 9.17) is 27.9 Å². The molecule has 3 rings (SSSR count). The molecule has 11 heteroatoms. The number of para-hydroxylation sites is 2. The zero-order valence-corrected chi connectivity index (χ0v) is 24.3. The molecule has 0 aliphatic heterocycles. The lowest BCUT2D eigenvalue weighted by Gasteiger charge is -2.34. The molecular formula is C28H31Cl2N3O5S. The van der Waals surface area contributed by atoms with Crippen LogP contribution in [-0.2, 0) is 32.6 Å². The molecule has 2 amide bonds. The number of sulfonamides is 1. The van der Waals surface area contributed by atoms with Crippen LogP contribution in [0.15, 0.2) is 72.8 Å². The van der Waals surface area contributed by atoms with Gasteiger partial charge < -0.3 is 15.0 Å². The molecule has 0 fully saturated rings. The monoisotopic (exact) mass is 591 g/mol. The molecule has 0 aromatic heterocycles. The normalized spacial score (nSPS) is 11.9. The van der Waals surface area contributed by atoms with Crippen LogP contribution in [0.1, 0.15) is 18.1 Å². The van der Waals surface area contributed by atoms with E-state index in [9.17, 15) is 18.0 Å². The van der Waals surface area contributed by atoms with E-state index in [1.54, 1.807) is 49.4 Å². The van der Waals surface area contributed by atoms with Gasteiger partial charge >= 0.3 is 0 Å². The first-order valence-corrected chi connectivity index (χ1v) is 14.8. The lowest BCUT2D eigenvalue weighted by Crippen LogP contribution is -2.53. The second-order valence-corrected chi connectivity index (χ2v) is 11.5. The summed E-state index contributed by atoms with van der Waals surface area (Å²) < 4.78 is 32.1. The quantitative estimate of drug-likeness (QED) is 0.333. The minimum atomic E-state index is -3.93. The minimum absolute atomic E-state index is 0.116. The number of methoxy groups -OCH3 is 1. The molecule has 208 valence electrons. The number of ether oxygens (including phenoxy) is 1. The number of benzene rings is 3. The Hall–Kier alpha value is -3.27. The van der Waals surface area contributed by atoms with E-state index in [-0.39, 0.29) is 30.3 Å². The molecule has 3 aromatic rings. The van der Waals surface area contributed by atoms with Crippen molar-refractivity contribution < 1.29 is 22.7 Å². The molecule has 0 heterocycles. The smallest absolute Gasteiger partial charge is 0.244 e. The molecule has 0 radical (unpaired) electrons. The molecule has 1 atom stereocenters. The summed E-state index contributed by atoms with van der Waals surface area (Å²) in [7, 11) is -2.52. The maximum absolute atomic E-state index is 14.1. The van der Waals surface area contributed by atoms with Gasteiger partial charge in [-0.2, -0.15) is 0 Å². The molecule has 8 nitrogen and oxygen atoms in total. The fourth-order valence-electron chi connectivity index (χ4n) is 4.13. The van der Waals surface area contributed by atoms with Crippen molar-refractivity contribution in [1.29, 1.82) is 0 Å². The summed E-state index contributed by atoms with van der Waals surface area (Å²) in [4.78, 5) is 28.8. The Kier molecular flexibility index (Phi) is 10.6. The predicted octanol–water partition coefficient (Wildman–Crippen LogP) is 4.54. The number of hydrogen-bond donors (Lipinski definition) is 1. The van der Waals surface area contributed by atoms with Crippen LogP contribution in [0.3, 0.4) is 0 Å². The van der Waals surface area contributed by atoms with E-state index in [0.717, 1.165) is 16.1 Å². The first-order chi connectivity index (χ1) is 18.6. The summed E-state index contributed by atoms with van der Waals surface area (Å²) >= 11 is 12.9. The summed E-state index contributed by atoms with van der Waals surface area (Å²) in [6, 6.07) is 19.7. The first kappa shape index (κ1) is 30.3. The number of halogens is 2. The number of anilines is 1. The van der Waals surface area contributed by atoms with Crippen LogP contribution in [0.5, 0.6) is 5.75 Å². The van der Waals surface area contributed by atoms with Gasteiger partial charge in [-0.25, -0.2) is 8.42 Å². The average Bonchev–Trinajstić information content (AvgIpc) is 2.90. The van der Waals surface area contributed by atoms with E-state index < -0.39 is 28.5 Å². The number of nitrogens with one attached hydrogen (secondary N) is 1. The lowest BCUT2D eigenvalue weighted by molar-refractivity contribution is -0.140. The van der Waals surface area contributed by atoms with E-state index >= 15 is 0 Å². The molecule has 1 N–H and O–H groups in total. The fourth-order valence-corrected chi connectivity index (χ4v) is 5.50. The Bertz CT molecular complexity index is 1380. The van der Waals surface area contributed by atoms with E-state index in [2.05, 4.69) is 5.32 Å². The molecule has 0 saturated heterocycles. The van der Waals surface area contributed by atoms with Gasteiger partial charge in [-0.3, -0.25) is 13.9 Å². The standard InChI is InChI=1S/C28H31Cl2N3O5S/c1-4-31-28(35)25(17-20-11-6-5-7-12-20)32(18-21-22(29)13-10-14-23(21)30)27(34)19-33(39(3,36)37)24-15-8-9-16-26(24)38-2/h5-16,25H,4,17-19H2,1-3H3,(H,31,35)/t25-/m0/s1. The van der Waals surface area contributed by atoms with Crippen molar-refractivity contribution in [3.8, 4) is 5.75 Å². The highest BCUT2D eigenvalue weighted by atomic mass is 35.5. The lowest BCUT2D eigenvalue weighted by atomic mass is 10.0. The van der Waals surface area contributed by atoms with Gasteiger partial charge in [0.2, 0.25) is 21.8 Å². The number of carbonyl (C=O) groups is 2. The number of nitrogens with zero attached hydrogens (tertiary/aromatic N) is 2. The molecule has 39 heavy (non-hydrogen) atoms. The highest BCUT2D eigenvalue weighted by molar-refractivity contribution is 7.92. The summed E-state index contributed by atoms with van der Waals surface area (Å²) in [6.07, 6.45) is 1.20. The molecule has 0 unspecified atom stereocenters. The number of rotatable bonds is 12. The third-order valence-corrected chi connectivity index (χ3v) is 7.88. The van der Waals surface area contributed by atoms with Gasteiger partial charge in [-0.1, -0.05) is 71.7 Å². The van der Waals surface area contributed by atoms with Crippen molar-refractivity contribution in [2.24, 2.45) is 0 Å². The van der Waals surface area contributed by atoms with Crippen LogP contribution in [0.2, 0.25) is 10.0 Å². The van der Waals surface area contributed by atoms with Gasteiger partial charge in [0, 0.05) is 35.1 Å². The van der Waals surface area contributed by atoms with Gasteiger partial charge in [0.15, 0.2) is 0 Å². The second-order valence-electron chi connectivity index (χ2n) is 8.76. The number of likely N-dealkylation sites (N-methyl/N-ethyl adjacent to an activating group) is 1. The molecule has 0 aliphatic carbocycles. The third kappa shape index (κ3) is 7.88. The number of amides is 2. The molecular weight excluding hydrogens is 561 g/mol. The molecule has 0 spiro atoms. The maximum Gasteiger partial charge on any atom is 0.244 e. The van der Waals surface area contributed by atoms with Gasteiger partial charge in [0.25, 0.3) is 0 Å². The van der Waals surface area contributed by atoms with Crippen LogP contribution in [0.4, 0.5) is 5.69 Å². The minimum Gasteiger partial charge on any atom is -0.495 e. The highest BCUT2D eigenvalue weighted by Crippen LogP contribution is 2.31. The topological polar surface area (TPSA) is 96.0 Å². The van der Waals surface area contributed by atoms with Crippen molar-refractivity contribution in [3.63, 3.8) is 0 Å². The van der Waals surface area contributed by atoms with E-state index in [1.807, 2.05) is 30.3 Å². The van der Waals surface area contributed by atoms with Gasteiger partial charge in [0.1, 0.15) is 18.3 Å². The zero-order valence-electron chi connectivity index (χ0n) is 21.9. The van der Waals surface area contributed by atoms with Crippen molar-refractivity contribution in [2.75, 3.05) is 30.8 Å². The van der Waals surface area contributed by atoms with Crippen molar-refractivity contribution >= 4 is 50.7 Å². The van der Waals surface area contributed by atoms with E-state index in [0.29, 0.717) is 22.2 Å². The molecule has 0 bridgehead atoms. The number of carbonyl (C=O) groups excluding carboxylic acids is 2. The summed E-state index contributed by atoms with van der Waals surface area (Å²) in [5.41, 5.74) is 1.46. The Labute approximate surface area is 239 Å². The van der Waals surface area contributed by atoms with Crippen molar-refractivity contribution in [2.45, 2.75) is 25.9 Å². The van der Waals surface area contributed by atoms with Crippen molar-refractivity contribution in [3.05, 3.63) is 94.0 Å². The SMILES string of the molecule is CCNC(=O)[C@H](Cc1ccccc1)N(Cc1c(Cl)cccc1Cl)C(=O)CN(c1ccccc1OC)S(C)(=O)=O. The van der Waals surface area contributed by atoms with Crippen LogP contribution >= 0.6 is 23.2 Å². The largest absolute Gasteiger partial charge is 0.495 e. The number of hydrogen-bond acceptors (Lipinski definition) is 5. The Morgan fingerprint density at radius 2 is 1.56 bits per heavy atom. The average molecular weight is 593 g/mol. The van der Waals surface area contributed by atoms with Crippen LogP contribution in [-0.4, -0.2) is 57.6 Å². The Balaban J connectivity index is 2.11. The molecule has 0 aliphatic rings. The Morgan fingerprint density at radius 1 is 0.949 bits per heavy atom. The molecule has 3 aromatic carbocycles. The molecule has 0 saturated carbocycles.